The number of hydrogen-bond acceptors (Lipinski definition) is 3. The number of hydrogen-bond donors (Lipinski definition) is 2. The summed E-state index contributed by atoms with van der Waals surface area (Å²) in [6.07, 6.45) is 1.33. The van der Waals surface area contributed by atoms with E-state index in [2.05, 4.69) is 5.43 Å². The number of carbonyl (C=O) groups is 2. The molecule has 1 heterocycles. The Kier molecular flexibility index (Phi) is 5.59. The molecule has 3 rings (SSSR count). The van der Waals surface area contributed by atoms with Crippen LogP contribution in [0.1, 0.15) is 26.3 Å². The minimum Gasteiger partial charge on any atom is -0.310 e. The Hall–Kier alpha value is -3.81. The van der Waals surface area contributed by atoms with Gasteiger partial charge >= 0.3 is 0 Å². The fourth-order valence-corrected chi connectivity index (χ4v) is 2.53. The summed E-state index contributed by atoms with van der Waals surface area (Å²) in [5, 5.41) is 0. The zero-order chi connectivity index (χ0) is 20.1. The first kappa shape index (κ1) is 19.0. The van der Waals surface area contributed by atoms with Crippen LogP contribution in [-0.4, -0.2) is 16.4 Å². The molecule has 142 valence electrons. The first-order valence-corrected chi connectivity index (χ1v) is 8.25. The van der Waals surface area contributed by atoms with Crippen molar-refractivity contribution in [1.29, 1.82) is 0 Å². The van der Waals surface area contributed by atoms with Gasteiger partial charge in [0, 0.05) is 12.3 Å². The van der Waals surface area contributed by atoms with Crippen molar-refractivity contribution >= 4 is 11.8 Å². The maximum absolute atomic E-state index is 13.6. The van der Waals surface area contributed by atoms with Crippen LogP contribution in [0.3, 0.4) is 0 Å². The molecule has 2 N–H and O–H groups in total. The molecule has 0 aliphatic heterocycles. The second-order valence-corrected chi connectivity index (χ2v) is 5.87. The number of benzene rings is 2. The smallest absolute Gasteiger partial charge is 0.275 e. The van der Waals surface area contributed by atoms with Crippen LogP contribution in [0.5, 0.6) is 0 Å². The van der Waals surface area contributed by atoms with Gasteiger partial charge in [0.15, 0.2) is 0 Å². The van der Waals surface area contributed by atoms with Gasteiger partial charge in [-0.3, -0.25) is 25.2 Å². The number of nitrogens with zero attached hydrogens (tertiary/aromatic N) is 1. The van der Waals surface area contributed by atoms with Crippen LogP contribution in [0.4, 0.5) is 8.78 Å². The number of aromatic nitrogens is 1. The number of nitrogens with one attached hydrogen (secondary N) is 2. The van der Waals surface area contributed by atoms with Crippen molar-refractivity contribution in [2.75, 3.05) is 0 Å². The van der Waals surface area contributed by atoms with E-state index >= 15 is 0 Å². The fraction of sp³-hybridized carbons (Fsp3) is 0.0500. The molecule has 3 aromatic rings. The van der Waals surface area contributed by atoms with E-state index in [4.69, 9.17) is 0 Å². The Labute approximate surface area is 158 Å². The van der Waals surface area contributed by atoms with E-state index in [1.54, 1.807) is 0 Å². The molecule has 0 fully saturated rings. The minimum atomic E-state index is -1.14. The Morgan fingerprint density at radius 1 is 0.821 bits per heavy atom. The Morgan fingerprint density at radius 3 is 2.14 bits per heavy atom. The molecule has 28 heavy (non-hydrogen) atoms. The summed E-state index contributed by atoms with van der Waals surface area (Å²) in [6, 6.07) is 14.7. The van der Waals surface area contributed by atoms with Crippen molar-refractivity contribution in [2.45, 2.75) is 6.54 Å². The van der Waals surface area contributed by atoms with Crippen LogP contribution in [0, 0.1) is 11.6 Å². The first-order chi connectivity index (χ1) is 13.5. The van der Waals surface area contributed by atoms with Crippen molar-refractivity contribution in [3.8, 4) is 0 Å². The molecule has 0 aliphatic carbocycles. The van der Waals surface area contributed by atoms with Crippen LogP contribution in [0.25, 0.3) is 0 Å². The molecule has 0 spiro atoms. The van der Waals surface area contributed by atoms with Crippen LogP contribution in [0.15, 0.2) is 71.7 Å². The van der Waals surface area contributed by atoms with Gasteiger partial charge in [-0.2, -0.15) is 0 Å². The first-order valence-electron chi connectivity index (χ1n) is 8.25. The third-order valence-electron chi connectivity index (χ3n) is 3.92. The Morgan fingerprint density at radius 2 is 1.46 bits per heavy atom. The SMILES string of the molecule is O=C(NNC(=O)c1c(F)cccc1F)c1ccc(=O)n(Cc2ccccc2)c1. The summed E-state index contributed by atoms with van der Waals surface area (Å²) >= 11 is 0. The lowest BCUT2D eigenvalue weighted by Crippen LogP contribution is -2.42. The summed E-state index contributed by atoms with van der Waals surface area (Å²) in [7, 11) is 0. The molecule has 6 nitrogen and oxygen atoms in total. The number of hydrazine groups is 1. The average Bonchev–Trinajstić information content (AvgIpc) is 2.68. The monoisotopic (exact) mass is 383 g/mol. The van der Waals surface area contributed by atoms with E-state index in [-0.39, 0.29) is 17.7 Å². The van der Waals surface area contributed by atoms with E-state index in [0.717, 1.165) is 23.8 Å². The molecule has 0 radical (unpaired) electrons. The summed E-state index contributed by atoms with van der Waals surface area (Å²) in [5.41, 5.74) is 3.87. The predicted molar refractivity (Wildman–Crippen MR) is 97.5 cm³/mol. The molecule has 0 atom stereocenters. The topological polar surface area (TPSA) is 80.2 Å². The number of amides is 2. The molecule has 2 aromatic carbocycles. The summed E-state index contributed by atoms with van der Waals surface area (Å²) in [5.74, 6) is -3.99. The summed E-state index contributed by atoms with van der Waals surface area (Å²) in [4.78, 5) is 36.2. The number of halogens is 2. The van der Waals surface area contributed by atoms with Gasteiger partial charge in [0.1, 0.15) is 17.2 Å². The van der Waals surface area contributed by atoms with Gasteiger partial charge in [0.25, 0.3) is 17.4 Å². The highest BCUT2D eigenvalue weighted by Gasteiger charge is 2.18. The molecule has 0 aliphatic rings. The molecule has 0 bridgehead atoms. The quantitative estimate of drug-likeness (QED) is 0.678. The van der Waals surface area contributed by atoms with Crippen LogP contribution >= 0.6 is 0 Å². The molecule has 8 heteroatoms. The largest absolute Gasteiger partial charge is 0.310 e. The van der Waals surface area contributed by atoms with E-state index in [0.29, 0.717) is 0 Å². The van der Waals surface area contributed by atoms with Crippen LogP contribution < -0.4 is 16.4 Å². The normalized spacial score (nSPS) is 10.4. The molecule has 0 saturated heterocycles. The third-order valence-corrected chi connectivity index (χ3v) is 3.92. The Bertz CT molecular complexity index is 1060. The van der Waals surface area contributed by atoms with Crippen molar-refractivity contribution in [3.05, 3.63) is 106 Å². The zero-order valence-corrected chi connectivity index (χ0v) is 14.5. The lowest BCUT2D eigenvalue weighted by atomic mass is 10.2. The maximum Gasteiger partial charge on any atom is 0.275 e. The van der Waals surface area contributed by atoms with Crippen LogP contribution in [0.2, 0.25) is 0 Å². The van der Waals surface area contributed by atoms with Gasteiger partial charge in [-0.05, 0) is 23.8 Å². The minimum absolute atomic E-state index is 0.0878. The van der Waals surface area contributed by atoms with E-state index < -0.39 is 29.0 Å². The van der Waals surface area contributed by atoms with Gasteiger partial charge in [-0.1, -0.05) is 36.4 Å². The van der Waals surface area contributed by atoms with Crippen LogP contribution in [-0.2, 0) is 6.54 Å². The number of pyridine rings is 1. The molecule has 0 unspecified atom stereocenters. The van der Waals surface area contributed by atoms with E-state index in [1.807, 2.05) is 35.8 Å². The van der Waals surface area contributed by atoms with Gasteiger partial charge in [0.2, 0.25) is 0 Å². The van der Waals surface area contributed by atoms with Gasteiger partial charge < -0.3 is 4.57 Å². The summed E-state index contributed by atoms with van der Waals surface area (Å²) in [6.45, 7) is 0.258. The van der Waals surface area contributed by atoms with E-state index in [1.165, 1.54) is 22.9 Å². The van der Waals surface area contributed by atoms with Crippen molar-refractivity contribution in [1.82, 2.24) is 15.4 Å². The highest BCUT2D eigenvalue weighted by Crippen LogP contribution is 2.11. The highest BCUT2D eigenvalue weighted by molar-refractivity contribution is 5.99. The molecular formula is C20H15F2N3O3. The second-order valence-electron chi connectivity index (χ2n) is 5.87. The van der Waals surface area contributed by atoms with Gasteiger partial charge in [-0.15, -0.1) is 0 Å². The molecule has 2 amide bonds. The fourth-order valence-electron chi connectivity index (χ4n) is 2.53. The van der Waals surface area contributed by atoms with Gasteiger partial charge in [-0.25, -0.2) is 8.78 Å². The molecule has 1 aromatic heterocycles. The lowest BCUT2D eigenvalue weighted by Gasteiger charge is -2.10. The number of rotatable bonds is 4. The van der Waals surface area contributed by atoms with Gasteiger partial charge in [0.05, 0.1) is 12.1 Å². The highest BCUT2D eigenvalue weighted by atomic mass is 19.1. The van der Waals surface area contributed by atoms with Crippen molar-refractivity contribution in [3.63, 3.8) is 0 Å². The average molecular weight is 383 g/mol. The standard InChI is InChI=1S/C20H15F2N3O3/c21-15-7-4-8-16(22)18(15)20(28)24-23-19(27)14-9-10-17(26)25(12-14)11-13-5-2-1-3-6-13/h1-10,12H,11H2,(H,23,27)(H,24,28). The summed E-state index contributed by atoms with van der Waals surface area (Å²) < 4.78 is 28.5. The zero-order valence-electron chi connectivity index (χ0n) is 14.5. The second kappa shape index (κ2) is 8.26. The van der Waals surface area contributed by atoms with Crippen molar-refractivity contribution < 1.29 is 18.4 Å². The van der Waals surface area contributed by atoms with Crippen molar-refractivity contribution in [2.24, 2.45) is 0 Å². The van der Waals surface area contributed by atoms with E-state index in [9.17, 15) is 23.2 Å². The third kappa shape index (κ3) is 4.29. The maximum atomic E-state index is 13.6. The molecular weight excluding hydrogens is 368 g/mol. The lowest BCUT2D eigenvalue weighted by molar-refractivity contribution is 0.0841. The number of carbonyl (C=O) groups excluding carboxylic acids is 2. The molecule has 0 saturated carbocycles. The Balaban J connectivity index is 1.72. The predicted octanol–water partition coefficient (Wildman–Crippen LogP) is 2.25.